The lowest BCUT2D eigenvalue weighted by Gasteiger charge is -2.35. The molecule has 0 unspecified atom stereocenters. The Labute approximate surface area is 144 Å². The Morgan fingerprint density at radius 2 is 1.85 bits per heavy atom. The Morgan fingerprint density at radius 1 is 1.20 bits per heavy atom. The second-order valence-corrected chi connectivity index (χ2v) is 5.60. The third kappa shape index (κ3) is 5.25. The van der Waals surface area contributed by atoms with Gasteiger partial charge in [-0.3, -0.25) is 4.90 Å². The van der Waals surface area contributed by atoms with Crippen LogP contribution < -0.4 is 5.32 Å². The zero-order chi connectivity index (χ0) is 13.0. The van der Waals surface area contributed by atoms with E-state index in [1.807, 2.05) is 12.1 Å². The highest BCUT2D eigenvalue weighted by molar-refractivity contribution is 6.35. The molecule has 1 fully saturated rings. The Morgan fingerprint density at radius 3 is 2.40 bits per heavy atom. The predicted molar refractivity (Wildman–Crippen MR) is 93.0 cm³/mol. The van der Waals surface area contributed by atoms with E-state index >= 15 is 0 Å². The van der Waals surface area contributed by atoms with Crippen LogP contribution in [-0.4, -0.2) is 31.1 Å². The van der Waals surface area contributed by atoms with E-state index in [1.54, 1.807) is 0 Å². The molecule has 116 valence electrons. The summed E-state index contributed by atoms with van der Waals surface area (Å²) in [5.74, 6) is 0. The van der Waals surface area contributed by atoms with Gasteiger partial charge in [0.05, 0.1) is 0 Å². The van der Waals surface area contributed by atoms with E-state index in [-0.39, 0.29) is 24.8 Å². The molecule has 0 spiro atoms. The summed E-state index contributed by atoms with van der Waals surface area (Å²) < 4.78 is 0. The van der Waals surface area contributed by atoms with Crippen LogP contribution in [0.15, 0.2) is 18.2 Å². The van der Waals surface area contributed by atoms with Gasteiger partial charge in [-0.2, -0.15) is 0 Å². The van der Waals surface area contributed by atoms with Crippen LogP contribution in [0.2, 0.25) is 10.0 Å². The van der Waals surface area contributed by atoms with E-state index < -0.39 is 0 Å². The van der Waals surface area contributed by atoms with Crippen molar-refractivity contribution < 1.29 is 0 Å². The third-order valence-electron chi connectivity index (χ3n) is 3.48. The van der Waals surface area contributed by atoms with Gasteiger partial charge in [0.1, 0.15) is 0 Å². The first-order chi connectivity index (χ1) is 8.72. The molecule has 0 amide bonds. The van der Waals surface area contributed by atoms with Crippen LogP contribution >= 0.6 is 48.0 Å². The number of hydrogen-bond donors (Lipinski definition) is 1. The van der Waals surface area contributed by atoms with Gasteiger partial charge in [0, 0.05) is 42.3 Å². The SMILES string of the molecule is CCC[C@@H](c1ccc(Cl)cc1Cl)N1CCNCC1.Cl.Cl. The van der Waals surface area contributed by atoms with Crippen molar-refractivity contribution in [2.45, 2.75) is 25.8 Å². The van der Waals surface area contributed by atoms with Crippen LogP contribution in [0, 0.1) is 0 Å². The smallest absolute Gasteiger partial charge is 0.0468 e. The number of nitrogens with zero attached hydrogens (tertiary/aromatic N) is 1. The molecule has 1 aromatic rings. The average Bonchev–Trinajstić information content (AvgIpc) is 2.38. The van der Waals surface area contributed by atoms with Gasteiger partial charge in [-0.05, 0) is 24.1 Å². The molecule has 1 N–H and O–H groups in total. The van der Waals surface area contributed by atoms with Crippen LogP contribution in [0.5, 0.6) is 0 Å². The van der Waals surface area contributed by atoms with E-state index in [4.69, 9.17) is 23.2 Å². The van der Waals surface area contributed by atoms with Gasteiger partial charge in [0.25, 0.3) is 0 Å². The van der Waals surface area contributed by atoms with E-state index in [9.17, 15) is 0 Å². The molecule has 1 atom stereocenters. The zero-order valence-electron chi connectivity index (χ0n) is 11.6. The van der Waals surface area contributed by atoms with Gasteiger partial charge in [0.15, 0.2) is 0 Å². The summed E-state index contributed by atoms with van der Waals surface area (Å²) in [6.45, 7) is 6.52. The van der Waals surface area contributed by atoms with Gasteiger partial charge >= 0.3 is 0 Å². The van der Waals surface area contributed by atoms with Gasteiger partial charge in [-0.25, -0.2) is 0 Å². The van der Waals surface area contributed by atoms with Crippen molar-refractivity contribution in [3.05, 3.63) is 33.8 Å². The molecule has 1 heterocycles. The first-order valence-corrected chi connectivity index (χ1v) is 7.37. The minimum Gasteiger partial charge on any atom is -0.314 e. The number of rotatable bonds is 4. The van der Waals surface area contributed by atoms with E-state index in [1.165, 1.54) is 5.56 Å². The van der Waals surface area contributed by atoms with Crippen LogP contribution in [0.25, 0.3) is 0 Å². The summed E-state index contributed by atoms with van der Waals surface area (Å²) >= 11 is 12.3. The Hall–Kier alpha value is 0.300. The molecule has 2 rings (SSSR count). The summed E-state index contributed by atoms with van der Waals surface area (Å²) in [6, 6.07) is 6.28. The second kappa shape index (κ2) is 10.1. The lowest BCUT2D eigenvalue weighted by molar-refractivity contribution is 0.164. The summed E-state index contributed by atoms with van der Waals surface area (Å²) in [7, 11) is 0. The monoisotopic (exact) mass is 358 g/mol. The minimum absolute atomic E-state index is 0. The molecule has 0 bridgehead atoms. The number of halogens is 4. The summed E-state index contributed by atoms with van der Waals surface area (Å²) in [4.78, 5) is 2.52. The second-order valence-electron chi connectivity index (χ2n) is 4.76. The van der Waals surface area contributed by atoms with Gasteiger partial charge in [-0.1, -0.05) is 42.6 Å². The highest BCUT2D eigenvalue weighted by Crippen LogP contribution is 2.33. The van der Waals surface area contributed by atoms with Crippen LogP contribution in [0.4, 0.5) is 0 Å². The Kier molecular flexibility index (Phi) is 10.2. The number of nitrogens with one attached hydrogen (secondary N) is 1. The summed E-state index contributed by atoms with van der Waals surface area (Å²) in [5, 5.41) is 4.89. The van der Waals surface area contributed by atoms with Crippen molar-refractivity contribution in [1.82, 2.24) is 10.2 Å². The molecular weight excluding hydrogens is 338 g/mol. The zero-order valence-corrected chi connectivity index (χ0v) is 14.7. The molecule has 1 aliphatic rings. The molecule has 6 heteroatoms. The van der Waals surface area contributed by atoms with Crippen LogP contribution in [-0.2, 0) is 0 Å². The normalized spacial score (nSPS) is 16.9. The standard InChI is InChI=1S/C14H20Cl2N2.2ClH/c1-2-3-14(18-8-6-17-7-9-18)12-5-4-11(15)10-13(12)16;;/h4-5,10,14,17H,2-3,6-9H2,1H3;2*1H/t14-;;/m0../s1. The molecule has 0 aliphatic carbocycles. The molecule has 1 saturated heterocycles. The van der Waals surface area contributed by atoms with Gasteiger partial charge in [0.2, 0.25) is 0 Å². The average molecular weight is 360 g/mol. The van der Waals surface area contributed by atoms with Gasteiger partial charge < -0.3 is 5.32 Å². The molecule has 0 radical (unpaired) electrons. The van der Waals surface area contributed by atoms with Crippen molar-refractivity contribution in [2.75, 3.05) is 26.2 Å². The highest BCUT2D eigenvalue weighted by Gasteiger charge is 2.23. The fourth-order valence-electron chi connectivity index (χ4n) is 2.57. The Bertz CT molecular complexity index is 395. The first kappa shape index (κ1) is 20.3. The molecule has 2 nitrogen and oxygen atoms in total. The van der Waals surface area contributed by atoms with E-state index in [0.29, 0.717) is 11.1 Å². The van der Waals surface area contributed by atoms with E-state index in [0.717, 1.165) is 44.0 Å². The highest BCUT2D eigenvalue weighted by atomic mass is 35.5. The van der Waals surface area contributed by atoms with Gasteiger partial charge in [-0.15, -0.1) is 24.8 Å². The molecule has 0 saturated carbocycles. The minimum atomic E-state index is 0. The topological polar surface area (TPSA) is 15.3 Å². The van der Waals surface area contributed by atoms with E-state index in [2.05, 4.69) is 23.2 Å². The van der Waals surface area contributed by atoms with Crippen molar-refractivity contribution in [3.8, 4) is 0 Å². The largest absolute Gasteiger partial charge is 0.314 e. The van der Waals surface area contributed by atoms with Crippen LogP contribution in [0.1, 0.15) is 31.4 Å². The number of hydrogen-bond acceptors (Lipinski definition) is 2. The lowest BCUT2D eigenvalue weighted by atomic mass is 10.00. The molecular formula is C14H22Cl4N2. The number of benzene rings is 1. The Balaban J connectivity index is 0.00000180. The fourth-order valence-corrected chi connectivity index (χ4v) is 3.11. The van der Waals surface area contributed by atoms with Crippen molar-refractivity contribution >= 4 is 48.0 Å². The number of piperazine rings is 1. The van der Waals surface area contributed by atoms with Crippen molar-refractivity contribution in [2.24, 2.45) is 0 Å². The predicted octanol–water partition coefficient (Wildman–Crippen LogP) is 4.58. The molecule has 1 aliphatic heterocycles. The first-order valence-electron chi connectivity index (χ1n) is 6.62. The summed E-state index contributed by atoms with van der Waals surface area (Å²) in [5.41, 5.74) is 1.21. The molecule has 0 aromatic heterocycles. The molecule has 1 aromatic carbocycles. The third-order valence-corrected chi connectivity index (χ3v) is 4.04. The quantitative estimate of drug-likeness (QED) is 0.846. The maximum Gasteiger partial charge on any atom is 0.0468 e. The molecule has 20 heavy (non-hydrogen) atoms. The summed E-state index contributed by atoms with van der Waals surface area (Å²) in [6.07, 6.45) is 2.30. The lowest BCUT2D eigenvalue weighted by Crippen LogP contribution is -2.45. The van der Waals surface area contributed by atoms with Crippen molar-refractivity contribution in [3.63, 3.8) is 0 Å². The maximum absolute atomic E-state index is 6.35. The van der Waals surface area contributed by atoms with Crippen molar-refractivity contribution in [1.29, 1.82) is 0 Å². The van der Waals surface area contributed by atoms with Crippen LogP contribution in [0.3, 0.4) is 0 Å². The maximum atomic E-state index is 6.35. The fraction of sp³-hybridized carbons (Fsp3) is 0.571.